The van der Waals surface area contributed by atoms with Crippen LogP contribution in [-0.4, -0.2) is 24.5 Å². The third-order valence-electron chi connectivity index (χ3n) is 3.61. The lowest BCUT2D eigenvalue weighted by molar-refractivity contribution is -0.141. The quantitative estimate of drug-likeness (QED) is 0.642. The van der Waals surface area contributed by atoms with Gasteiger partial charge in [-0.15, -0.1) is 0 Å². The number of rotatable bonds is 4. The SMILES string of the molecule is C[C@@H](OC(=O)C1=Cc2ccccc2OC1)C(=O)c1ccccc1. The maximum atomic E-state index is 12.2. The maximum absolute atomic E-state index is 12.2. The number of fused-ring (bicyclic) bond motifs is 1. The second-order valence-electron chi connectivity index (χ2n) is 5.27. The summed E-state index contributed by atoms with van der Waals surface area (Å²) in [5.74, 6) is -0.0228. The number of ketones is 1. The van der Waals surface area contributed by atoms with E-state index < -0.39 is 12.1 Å². The van der Waals surface area contributed by atoms with Crippen LogP contribution in [0.5, 0.6) is 5.75 Å². The van der Waals surface area contributed by atoms with Gasteiger partial charge in [-0.05, 0) is 19.1 Å². The van der Waals surface area contributed by atoms with Gasteiger partial charge in [0, 0.05) is 11.1 Å². The number of Topliss-reactive ketones (excluding diaryl/α,β-unsaturated/α-hetero) is 1. The molecule has 1 aliphatic rings. The molecule has 0 amide bonds. The third kappa shape index (κ3) is 3.31. The van der Waals surface area contributed by atoms with Crippen LogP contribution in [0.1, 0.15) is 22.8 Å². The van der Waals surface area contributed by atoms with Gasteiger partial charge in [0.2, 0.25) is 5.78 Å². The largest absolute Gasteiger partial charge is 0.488 e. The molecule has 2 aromatic carbocycles. The van der Waals surface area contributed by atoms with Crippen LogP contribution in [0.15, 0.2) is 60.2 Å². The Bertz CT molecular complexity index is 762. The van der Waals surface area contributed by atoms with Crippen molar-refractivity contribution in [3.8, 4) is 5.75 Å². The van der Waals surface area contributed by atoms with Crippen molar-refractivity contribution < 1.29 is 19.1 Å². The minimum absolute atomic E-state index is 0.141. The van der Waals surface area contributed by atoms with Crippen LogP contribution >= 0.6 is 0 Å². The van der Waals surface area contributed by atoms with Crippen LogP contribution in [0.3, 0.4) is 0 Å². The third-order valence-corrected chi connectivity index (χ3v) is 3.61. The van der Waals surface area contributed by atoms with Gasteiger partial charge in [-0.25, -0.2) is 4.79 Å². The normalized spacial score (nSPS) is 14.0. The zero-order valence-corrected chi connectivity index (χ0v) is 12.7. The maximum Gasteiger partial charge on any atom is 0.338 e. The van der Waals surface area contributed by atoms with Gasteiger partial charge in [-0.1, -0.05) is 48.5 Å². The van der Waals surface area contributed by atoms with Crippen molar-refractivity contribution in [3.63, 3.8) is 0 Å². The lowest BCUT2D eigenvalue weighted by Crippen LogP contribution is -2.27. The highest BCUT2D eigenvalue weighted by Crippen LogP contribution is 2.26. The van der Waals surface area contributed by atoms with Gasteiger partial charge >= 0.3 is 5.97 Å². The van der Waals surface area contributed by atoms with E-state index in [-0.39, 0.29) is 12.4 Å². The number of hydrogen-bond donors (Lipinski definition) is 0. The summed E-state index contributed by atoms with van der Waals surface area (Å²) in [6.45, 7) is 1.72. The summed E-state index contributed by atoms with van der Waals surface area (Å²) in [7, 11) is 0. The van der Waals surface area contributed by atoms with E-state index in [1.165, 1.54) is 0 Å². The molecule has 1 atom stereocenters. The van der Waals surface area contributed by atoms with Gasteiger partial charge in [0.1, 0.15) is 12.4 Å². The van der Waals surface area contributed by atoms with E-state index in [4.69, 9.17) is 9.47 Å². The molecular weight excluding hydrogens is 292 g/mol. The Morgan fingerprint density at radius 2 is 1.74 bits per heavy atom. The molecule has 0 bridgehead atoms. The topological polar surface area (TPSA) is 52.6 Å². The van der Waals surface area contributed by atoms with Crippen LogP contribution in [-0.2, 0) is 9.53 Å². The molecule has 0 aromatic heterocycles. The fourth-order valence-corrected chi connectivity index (χ4v) is 2.36. The van der Waals surface area contributed by atoms with Gasteiger partial charge in [-0.3, -0.25) is 4.79 Å². The highest BCUT2D eigenvalue weighted by molar-refractivity contribution is 6.02. The predicted octanol–water partition coefficient (Wildman–Crippen LogP) is 3.28. The van der Waals surface area contributed by atoms with E-state index in [2.05, 4.69) is 0 Å². The van der Waals surface area contributed by atoms with Crippen LogP contribution in [0.2, 0.25) is 0 Å². The minimum atomic E-state index is -0.844. The molecule has 116 valence electrons. The monoisotopic (exact) mass is 308 g/mol. The first kappa shape index (κ1) is 15.0. The second kappa shape index (κ2) is 6.48. The molecule has 0 saturated carbocycles. The van der Waals surface area contributed by atoms with Crippen molar-refractivity contribution in [2.75, 3.05) is 6.61 Å². The molecule has 4 nitrogen and oxygen atoms in total. The van der Waals surface area contributed by atoms with E-state index in [0.29, 0.717) is 11.1 Å². The number of benzene rings is 2. The molecule has 0 spiro atoms. The first-order chi connectivity index (χ1) is 11.1. The molecule has 1 heterocycles. The van der Waals surface area contributed by atoms with E-state index in [1.54, 1.807) is 37.3 Å². The molecule has 1 aliphatic heterocycles. The summed E-state index contributed by atoms with van der Waals surface area (Å²) in [6, 6.07) is 16.2. The van der Waals surface area contributed by atoms with E-state index in [0.717, 1.165) is 11.3 Å². The van der Waals surface area contributed by atoms with Crippen molar-refractivity contribution in [1.82, 2.24) is 0 Å². The first-order valence-electron chi connectivity index (χ1n) is 7.38. The highest BCUT2D eigenvalue weighted by Gasteiger charge is 2.23. The van der Waals surface area contributed by atoms with Gasteiger partial charge in [0.25, 0.3) is 0 Å². The predicted molar refractivity (Wildman–Crippen MR) is 86.2 cm³/mol. The minimum Gasteiger partial charge on any atom is -0.488 e. The average Bonchev–Trinajstić information content (AvgIpc) is 2.61. The molecule has 0 aliphatic carbocycles. The lowest BCUT2D eigenvalue weighted by atomic mass is 10.1. The van der Waals surface area contributed by atoms with Gasteiger partial charge in [-0.2, -0.15) is 0 Å². The average molecular weight is 308 g/mol. The number of hydrogen-bond acceptors (Lipinski definition) is 4. The Morgan fingerprint density at radius 3 is 2.52 bits per heavy atom. The van der Waals surface area contributed by atoms with E-state index in [1.807, 2.05) is 30.3 Å². The summed E-state index contributed by atoms with van der Waals surface area (Å²) in [4.78, 5) is 24.5. The molecule has 2 aromatic rings. The second-order valence-corrected chi connectivity index (χ2v) is 5.27. The molecule has 0 unspecified atom stereocenters. The Hall–Kier alpha value is -2.88. The van der Waals surface area contributed by atoms with E-state index in [9.17, 15) is 9.59 Å². The number of carbonyl (C=O) groups is 2. The van der Waals surface area contributed by atoms with Gasteiger partial charge in [0.15, 0.2) is 6.10 Å². The number of esters is 1. The fourth-order valence-electron chi connectivity index (χ4n) is 2.36. The zero-order chi connectivity index (χ0) is 16.2. The Labute approximate surface area is 134 Å². The molecule has 0 saturated heterocycles. The van der Waals surface area contributed by atoms with Crippen molar-refractivity contribution in [2.24, 2.45) is 0 Å². The lowest BCUT2D eigenvalue weighted by Gasteiger charge is -2.18. The smallest absolute Gasteiger partial charge is 0.338 e. The van der Waals surface area contributed by atoms with Crippen molar-refractivity contribution in [2.45, 2.75) is 13.0 Å². The van der Waals surface area contributed by atoms with Crippen LogP contribution < -0.4 is 4.74 Å². The molecule has 0 fully saturated rings. The van der Waals surface area contributed by atoms with Gasteiger partial charge in [0.05, 0.1) is 5.57 Å². The molecule has 3 rings (SSSR count). The summed E-state index contributed by atoms with van der Waals surface area (Å²) < 4.78 is 10.8. The highest BCUT2D eigenvalue weighted by atomic mass is 16.5. The summed E-state index contributed by atoms with van der Waals surface area (Å²) in [5.41, 5.74) is 1.75. The standard InChI is InChI=1S/C19H16O4/c1-13(18(20)14-7-3-2-4-8-14)23-19(21)16-11-15-9-5-6-10-17(15)22-12-16/h2-11,13H,12H2,1H3/t13-/m1/s1. The van der Waals surface area contributed by atoms with E-state index >= 15 is 0 Å². The Kier molecular flexibility index (Phi) is 4.24. The molecule has 4 heteroatoms. The van der Waals surface area contributed by atoms with Gasteiger partial charge < -0.3 is 9.47 Å². The number of carbonyl (C=O) groups excluding carboxylic acids is 2. The summed E-state index contributed by atoms with van der Waals surface area (Å²) in [5, 5.41) is 0. The molecule has 0 N–H and O–H groups in total. The van der Waals surface area contributed by atoms with Crippen LogP contribution in [0.4, 0.5) is 0 Å². The number of ether oxygens (including phenoxy) is 2. The zero-order valence-electron chi connectivity index (χ0n) is 12.7. The molecule has 23 heavy (non-hydrogen) atoms. The first-order valence-corrected chi connectivity index (χ1v) is 7.38. The van der Waals surface area contributed by atoms with Crippen molar-refractivity contribution >= 4 is 17.8 Å². The fraction of sp³-hybridized carbons (Fsp3) is 0.158. The van der Waals surface area contributed by atoms with Crippen molar-refractivity contribution in [3.05, 3.63) is 71.3 Å². The van der Waals surface area contributed by atoms with Crippen molar-refractivity contribution in [1.29, 1.82) is 0 Å². The van der Waals surface area contributed by atoms with Crippen LogP contribution in [0, 0.1) is 0 Å². The Morgan fingerprint density at radius 1 is 1.04 bits per heavy atom. The molecule has 0 radical (unpaired) electrons. The summed E-state index contributed by atoms with van der Waals surface area (Å²) >= 11 is 0. The number of para-hydroxylation sites is 1. The van der Waals surface area contributed by atoms with Crippen LogP contribution in [0.25, 0.3) is 6.08 Å². The molecular formula is C19H16O4. The summed E-state index contributed by atoms with van der Waals surface area (Å²) in [6.07, 6.45) is 0.893. The Balaban J connectivity index is 1.70.